The van der Waals surface area contributed by atoms with Gasteiger partial charge in [-0.25, -0.2) is 9.97 Å². The van der Waals surface area contributed by atoms with Crippen LogP contribution in [0.1, 0.15) is 11.4 Å². The van der Waals surface area contributed by atoms with Crippen molar-refractivity contribution >= 4 is 29.1 Å². The van der Waals surface area contributed by atoms with Gasteiger partial charge in [-0.2, -0.15) is 4.37 Å². The van der Waals surface area contributed by atoms with Crippen molar-refractivity contribution in [1.82, 2.24) is 14.3 Å². The highest BCUT2D eigenvalue weighted by Crippen LogP contribution is 2.23. The third-order valence-corrected chi connectivity index (χ3v) is 3.71. The van der Waals surface area contributed by atoms with Crippen LogP contribution >= 0.6 is 23.3 Å². The lowest BCUT2D eigenvalue weighted by Gasteiger charge is -1.98. The van der Waals surface area contributed by atoms with Crippen molar-refractivity contribution in [2.24, 2.45) is 0 Å². The molecule has 2 aromatic rings. The second-order valence-electron chi connectivity index (χ2n) is 2.99. The van der Waals surface area contributed by atoms with E-state index in [9.17, 15) is 0 Å². The number of nitrogen functional groups attached to an aromatic ring is 1. The fourth-order valence-electron chi connectivity index (χ4n) is 1.00. The summed E-state index contributed by atoms with van der Waals surface area (Å²) in [7, 11) is 0. The highest BCUT2D eigenvalue weighted by molar-refractivity contribution is 8.00. The van der Waals surface area contributed by atoms with Crippen LogP contribution in [0.15, 0.2) is 22.7 Å². The van der Waals surface area contributed by atoms with Crippen LogP contribution in [-0.2, 0) is 5.75 Å². The molecule has 15 heavy (non-hydrogen) atoms. The van der Waals surface area contributed by atoms with Gasteiger partial charge in [0.15, 0.2) is 4.34 Å². The highest BCUT2D eigenvalue weighted by Gasteiger charge is 2.01. The molecule has 6 heteroatoms. The average molecular weight is 238 g/mol. The molecule has 0 fully saturated rings. The molecule has 0 aromatic carbocycles. The maximum atomic E-state index is 5.50. The summed E-state index contributed by atoms with van der Waals surface area (Å²) in [6.45, 7) is 1.89. The van der Waals surface area contributed by atoms with E-state index >= 15 is 0 Å². The number of aryl methyl sites for hydroxylation is 1. The number of pyridine rings is 1. The third-order valence-electron chi connectivity index (χ3n) is 1.72. The minimum Gasteiger partial charge on any atom is -0.384 e. The zero-order valence-electron chi connectivity index (χ0n) is 8.17. The number of thioether (sulfide) groups is 1. The summed E-state index contributed by atoms with van der Waals surface area (Å²) in [5.41, 5.74) is 6.64. The summed E-state index contributed by atoms with van der Waals surface area (Å²) in [4.78, 5) is 8.30. The molecule has 2 rings (SSSR count). The van der Waals surface area contributed by atoms with E-state index in [0.717, 1.165) is 21.5 Å². The molecule has 78 valence electrons. The van der Waals surface area contributed by atoms with Crippen molar-refractivity contribution in [2.45, 2.75) is 17.0 Å². The molecule has 0 unspecified atom stereocenters. The summed E-state index contributed by atoms with van der Waals surface area (Å²) < 4.78 is 5.11. The Kier molecular flexibility index (Phi) is 3.17. The molecule has 0 aliphatic carbocycles. The maximum Gasteiger partial charge on any atom is 0.170 e. The Hall–Kier alpha value is -1.14. The van der Waals surface area contributed by atoms with Crippen LogP contribution < -0.4 is 5.73 Å². The van der Waals surface area contributed by atoms with E-state index in [4.69, 9.17) is 5.73 Å². The van der Waals surface area contributed by atoms with Gasteiger partial charge in [0.25, 0.3) is 0 Å². The summed E-state index contributed by atoms with van der Waals surface area (Å²) in [5, 5.41) is 0. The number of rotatable bonds is 3. The molecule has 0 amide bonds. The number of hydrogen-bond acceptors (Lipinski definition) is 6. The van der Waals surface area contributed by atoms with Crippen molar-refractivity contribution < 1.29 is 0 Å². The standard InChI is InChI=1S/C9H10N4S2/c1-6-12-9(15-13-6)14-5-7-2-3-8(10)11-4-7/h2-4H,5H2,1H3,(H2,10,11). The molecule has 0 bridgehead atoms. The molecule has 0 saturated carbocycles. The summed E-state index contributed by atoms with van der Waals surface area (Å²) in [6.07, 6.45) is 1.79. The lowest BCUT2D eigenvalue weighted by molar-refractivity contribution is 1.10. The minimum absolute atomic E-state index is 0.551. The Morgan fingerprint density at radius 3 is 2.93 bits per heavy atom. The quantitative estimate of drug-likeness (QED) is 0.830. The van der Waals surface area contributed by atoms with E-state index in [-0.39, 0.29) is 0 Å². The van der Waals surface area contributed by atoms with E-state index in [0.29, 0.717) is 5.82 Å². The van der Waals surface area contributed by atoms with Crippen molar-refractivity contribution in [2.75, 3.05) is 5.73 Å². The SMILES string of the molecule is Cc1nsc(SCc2ccc(N)nc2)n1. The van der Waals surface area contributed by atoms with E-state index in [1.807, 2.05) is 13.0 Å². The van der Waals surface area contributed by atoms with E-state index in [2.05, 4.69) is 14.3 Å². The van der Waals surface area contributed by atoms with Crippen LogP contribution in [0.5, 0.6) is 0 Å². The first-order valence-electron chi connectivity index (χ1n) is 4.37. The first kappa shape index (κ1) is 10.4. The van der Waals surface area contributed by atoms with Crippen LogP contribution in [-0.4, -0.2) is 14.3 Å². The molecule has 2 heterocycles. The topological polar surface area (TPSA) is 64.7 Å². The zero-order chi connectivity index (χ0) is 10.7. The Bertz CT molecular complexity index is 438. The van der Waals surface area contributed by atoms with Crippen LogP contribution in [0, 0.1) is 6.92 Å². The summed E-state index contributed by atoms with van der Waals surface area (Å²) in [6, 6.07) is 3.78. The van der Waals surface area contributed by atoms with Crippen molar-refractivity contribution in [3.8, 4) is 0 Å². The van der Waals surface area contributed by atoms with Crippen LogP contribution in [0.2, 0.25) is 0 Å². The van der Waals surface area contributed by atoms with Gasteiger partial charge in [0.2, 0.25) is 0 Å². The number of aromatic nitrogens is 3. The largest absolute Gasteiger partial charge is 0.384 e. The molecule has 2 aromatic heterocycles. The number of anilines is 1. The second-order valence-corrected chi connectivity index (χ2v) is 4.96. The normalized spacial score (nSPS) is 10.5. The van der Waals surface area contributed by atoms with Gasteiger partial charge in [-0.15, -0.1) is 0 Å². The van der Waals surface area contributed by atoms with Crippen LogP contribution in [0.25, 0.3) is 0 Å². The van der Waals surface area contributed by atoms with Gasteiger partial charge >= 0.3 is 0 Å². The predicted molar refractivity (Wildman–Crippen MR) is 62.9 cm³/mol. The minimum atomic E-state index is 0.551. The van der Waals surface area contributed by atoms with Gasteiger partial charge in [-0.1, -0.05) is 17.8 Å². The lowest BCUT2D eigenvalue weighted by atomic mass is 10.3. The molecule has 0 spiro atoms. The molecule has 0 saturated heterocycles. The lowest BCUT2D eigenvalue weighted by Crippen LogP contribution is -1.90. The first-order valence-corrected chi connectivity index (χ1v) is 6.13. The smallest absolute Gasteiger partial charge is 0.170 e. The summed E-state index contributed by atoms with van der Waals surface area (Å²) in [5.74, 6) is 2.23. The first-order chi connectivity index (χ1) is 7.24. The van der Waals surface area contributed by atoms with Gasteiger partial charge in [0, 0.05) is 11.9 Å². The number of nitrogens with zero attached hydrogens (tertiary/aromatic N) is 3. The van der Waals surface area contributed by atoms with Crippen LogP contribution in [0.3, 0.4) is 0 Å². The van der Waals surface area contributed by atoms with Gasteiger partial charge in [0.05, 0.1) is 0 Å². The molecule has 0 aliphatic rings. The van der Waals surface area contributed by atoms with E-state index in [1.54, 1.807) is 24.0 Å². The van der Waals surface area contributed by atoms with Gasteiger partial charge in [-0.05, 0) is 30.1 Å². The van der Waals surface area contributed by atoms with Crippen LogP contribution in [0.4, 0.5) is 5.82 Å². The van der Waals surface area contributed by atoms with E-state index in [1.165, 1.54) is 11.5 Å². The molecule has 0 radical (unpaired) electrons. The molecule has 0 aliphatic heterocycles. The molecular formula is C9H10N4S2. The Balaban J connectivity index is 1.96. The summed E-state index contributed by atoms with van der Waals surface area (Å²) >= 11 is 3.09. The Labute approximate surface area is 96.1 Å². The van der Waals surface area contributed by atoms with Gasteiger partial charge in [0.1, 0.15) is 11.6 Å². The predicted octanol–water partition coefficient (Wildman–Crippen LogP) is 2.12. The monoisotopic (exact) mass is 238 g/mol. The second kappa shape index (κ2) is 4.59. The highest BCUT2D eigenvalue weighted by atomic mass is 32.2. The van der Waals surface area contributed by atoms with Crippen molar-refractivity contribution in [3.63, 3.8) is 0 Å². The fraction of sp³-hybridized carbons (Fsp3) is 0.222. The van der Waals surface area contributed by atoms with E-state index < -0.39 is 0 Å². The molecule has 4 nitrogen and oxygen atoms in total. The van der Waals surface area contributed by atoms with Gasteiger partial charge < -0.3 is 5.73 Å². The van der Waals surface area contributed by atoms with Crippen molar-refractivity contribution in [1.29, 1.82) is 0 Å². The molecule has 0 atom stereocenters. The third kappa shape index (κ3) is 2.90. The van der Waals surface area contributed by atoms with Crippen molar-refractivity contribution in [3.05, 3.63) is 29.7 Å². The average Bonchev–Trinajstić information content (AvgIpc) is 2.64. The molecule has 2 N–H and O–H groups in total. The number of nitrogens with two attached hydrogens (primary N) is 1. The molecular weight excluding hydrogens is 228 g/mol. The fourth-order valence-corrected chi connectivity index (χ4v) is 2.58. The van der Waals surface area contributed by atoms with Gasteiger partial charge in [-0.3, -0.25) is 0 Å². The maximum absolute atomic E-state index is 5.50. The zero-order valence-corrected chi connectivity index (χ0v) is 9.81. The number of hydrogen-bond donors (Lipinski definition) is 1. The Morgan fingerprint density at radius 2 is 2.33 bits per heavy atom. The Morgan fingerprint density at radius 1 is 1.47 bits per heavy atom.